The summed E-state index contributed by atoms with van der Waals surface area (Å²) in [6, 6.07) is 0.823. The topological polar surface area (TPSA) is 54.8 Å². The Balaban J connectivity index is 2.16. The lowest BCUT2D eigenvalue weighted by Gasteiger charge is -2.10. The van der Waals surface area contributed by atoms with Crippen molar-refractivity contribution in [2.45, 2.75) is 20.4 Å². The minimum atomic E-state index is -0.717. The van der Waals surface area contributed by atoms with Crippen LogP contribution in [0.1, 0.15) is 18.2 Å². The monoisotopic (exact) mass is 281 g/mol. The fourth-order valence-electron chi connectivity index (χ4n) is 1.78. The Kier molecular flexibility index (Phi) is 4.16. The molecule has 0 bridgehead atoms. The molecule has 5 nitrogen and oxygen atoms in total. The van der Waals surface area contributed by atoms with Gasteiger partial charge in [0.1, 0.15) is 0 Å². The Morgan fingerprint density at radius 2 is 1.85 bits per heavy atom. The van der Waals surface area contributed by atoms with Gasteiger partial charge in [0.2, 0.25) is 0 Å². The molecule has 0 amide bonds. The van der Waals surface area contributed by atoms with Gasteiger partial charge in [0.15, 0.2) is 23.3 Å². The van der Waals surface area contributed by atoms with Crippen molar-refractivity contribution in [3.05, 3.63) is 35.2 Å². The third-order valence-corrected chi connectivity index (χ3v) is 3.06. The lowest BCUT2D eigenvalue weighted by Crippen LogP contribution is -2.09. The number of nitrogens with one attached hydrogen (secondary N) is 2. The number of rotatable bonds is 5. The molecular formula is C13H17F2N5. The van der Waals surface area contributed by atoms with Crippen LogP contribution >= 0.6 is 0 Å². The Labute approximate surface area is 116 Å². The summed E-state index contributed by atoms with van der Waals surface area (Å²) in [5, 5.41) is 9.71. The zero-order valence-corrected chi connectivity index (χ0v) is 11.7. The number of hydrogen-bond acceptors (Lipinski definition) is 4. The summed E-state index contributed by atoms with van der Waals surface area (Å²) in [5.41, 5.74) is 1.91. The fraction of sp³-hybridized carbons (Fsp3) is 0.385. The molecule has 108 valence electrons. The van der Waals surface area contributed by atoms with Crippen molar-refractivity contribution in [2.75, 3.05) is 17.2 Å². The molecule has 2 aromatic rings. The van der Waals surface area contributed by atoms with Crippen molar-refractivity contribution in [2.24, 2.45) is 7.05 Å². The van der Waals surface area contributed by atoms with Gasteiger partial charge in [-0.1, -0.05) is 0 Å². The molecule has 2 aromatic heterocycles. The number of hydrogen-bond donors (Lipinski definition) is 2. The van der Waals surface area contributed by atoms with Crippen LogP contribution in [0.25, 0.3) is 0 Å². The van der Waals surface area contributed by atoms with Crippen LogP contribution in [-0.4, -0.2) is 21.3 Å². The molecule has 0 saturated heterocycles. The van der Waals surface area contributed by atoms with Crippen LogP contribution in [0.2, 0.25) is 0 Å². The molecule has 0 saturated carbocycles. The second kappa shape index (κ2) is 5.85. The normalized spacial score (nSPS) is 10.7. The minimum absolute atomic E-state index is 0.0191. The first kappa shape index (κ1) is 14.2. The summed E-state index contributed by atoms with van der Waals surface area (Å²) in [7, 11) is 1.83. The molecule has 2 rings (SSSR count). The molecule has 20 heavy (non-hydrogen) atoms. The van der Waals surface area contributed by atoms with Crippen LogP contribution in [0.4, 0.5) is 20.4 Å². The summed E-state index contributed by atoms with van der Waals surface area (Å²) in [5.74, 6) is -1.36. The van der Waals surface area contributed by atoms with E-state index in [0.29, 0.717) is 13.1 Å². The van der Waals surface area contributed by atoms with Crippen LogP contribution in [0.15, 0.2) is 12.3 Å². The molecule has 0 aliphatic carbocycles. The van der Waals surface area contributed by atoms with E-state index in [0.717, 1.165) is 17.3 Å². The molecule has 0 unspecified atom stereocenters. The van der Waals surface area contributed by atoms with Gasteiger partial charge in [-0.05, 0) is 13.8 Å². The third-order valence-electron chi connectivity index (χ3n) is 3.06. The van der Waals surface area contributed by atoms with E-state index in [1.807, 2.05) is 20.9 Å². The van der Waals surface area contributed by atoms with Gasteiger partial charge in [-0.25, -0.2) is 13.8 Å². The van der Waals surface area contributed by atoms with E-state index in [1.165, 1.54) is 0 Å². The van der Waals surface area contributed by atoms with E-state index in [1.54, 1.807) is 10.9 Å². The minimum Gasteiger partial charge on any atom is -0.368 e. The second-order valence-electron chi connectivity index (χ2n) is 4.41. The highest BCUT2D eigenvalue weighted by Crippen LogP contribution is 2.19. The van der Waals surface area contributed by atoms with Crippen LogP contribution in [0.3, 0.4) is 0 Å². The van der Waals surface area contributed by atoms with E-state index < -0.39 is 11.6 Å². The number of anilines is 2. The van der Waals surface area contributed by atoms with E-state index in [-0.39, 0.29) is 11.6 Å². The van der Waals surface area contributed by atoms with Crippen molar-refractivity contribution in [1.29, 1.82) is 0 Å². The first-order valence-corrected chi connectivity index (χ1v) is 6.34. The first-order valence-electron chi connectivity index (χ1n) is 6.34. The van der Waals surface area contributed by atoms with Gasteiger partial charge in [0, 0.05) is 37.5 Å². The zero-order chi connectivity index (χ0) is 14.7. The van der Waals surface area contributed by atoms with Gasteiger partial charge in [-0.3, -0.25) is 4.68 Å². The number of aryl methyl sites for hydroxylation is 1. The standard InChI is InChI=1S/C13H17F2N5/c1-4-16-12-10(14)5-11(15)13(19-12)17-6-9-7-18-20(3)8(9)2/h5,7H,4,6H2,1-3H3,(H2,16,17,19). The maximum atomic E-state index is 13.7. The van der Waals surface area contributed by atoms with Crippen LogP contribution < -0.4 is 10.6 Å². The number of nitrogens with zero attached hydrogens (tertiary/aromatic N) is 3. The summed E-state index contributed by atoms with van der Waals surface area (Å²) < 4.78 is 28.8. The smallest absolute Gasteiger partial charge is 0.168 e. The van der Waals surface area contributed by atoms with E-state index in [4.69, 9.17) is 0 Å². The Morgan fingerprint density at radius 1 is 1.20 bits per heavy atom. The molecule has 0 atom stereocenters. The number of halogens is 2. The molecule has 0 radical (unpaired) electrons. The van der Waals surface area contributed by atoms with E-state index >= 15 is 0 Å². The average Bonchev–Trinajstić information content (AvgIpc) is 2.72. The third kappa shape index (κ3) is 2.87. The van der Waals surface area contributed by atoms with Gasteiger partial charge in [-0.15, -0.1) is 0 Å². The van der Waals surface area contributed by atoms with Crippen molar-refractivity contribution in [1.82, 2.24) is 14.8 Å². The molecule has 0 fully saturated rings. The molecular weight excluding hydrogens is 264 g/mol. The summed E-state index contributed by atoms with van der Waals surface area (Å²) in [6.45, 7) is 4.62. The van der Waals surface area contributed by atoms with Gasteiger partial charge >= 0.3 is 0 Å². The Hall–Kier alpha value is -2.18. The fourth-order valence-corrected chi connectivity index (χ4v) is 1.78. The average molecular weight is 281 g/mol. The van der Waals surface area contributed by atoms with Crippen molar-refractivity contribution in [3.8, 4) is 0 Å². The van der Waals surface area contributed by atoms with E-state index in [9.17, 15) is 8.78 Å². The Bertz CT molecular complexity index is 609. The van der Waals surface area contributed by atoms with Gasteiger partial charge < -0.3 is 10.6 Å². The maximum absolute atomic E-state index is 13.7. The lowest BCUT2D eigenvalue weighted by molar-refractivity contribution is 0.578. The number of aromatic nitrogens is 3. The quantitative estimate of drug-likeness (QED) is 0.884. The summed E-state index contributed by atoms with van der Waals surface area (Å²) in [6.07, 6.45) is 1.70. The predicted octanol–water partition coefficient (Wildman–Crippen LogP) is 2.45. The van der Waals surface area contributed by atoms with E-state index in [2.05, 4.69) is 20.7 Å². The van der Waals surface area contributed by atoms with Crippen LogP contribution in [-0.2, 0) is 13.6 Å². The molecule has 7 heteroatoms. The zero-order valence-electron chi connectivity index (χ0n) is 11.7. The van der Waals surface area contributed by atoms with Crippen LogP contribution in [0, 0.1) is 18.6 Å². The maximum Gasteiger partial charge on any atom is 0.168 e. The summed E-state index contributed by atoms with van der Waals surface area (Å²) >= 11 is 0. The molecule has 0 aliphatic rings. The highest BCUT2D eigenvalue weighted by molar-refractivity contribution is 5.47. The first-order chi connectivity index (χ1) is 9.52. The van der Waals surface area contributed by atoms with Crippen molar-refractivity contribution < 1.29 is 8.78 Å². The SMILES string of the molecule is CCNc1nc(NCc2cnn(C)c2C)c(F)cc1F. The van der Waals surface area contributed by atoms with Gasteiger partial charge in [0.05, 0.1) is 6.20 Å². The molecule has 2 heterocycles. The number of pyridine rings is 1. The summed E-state index contributed by atoms with van der Waals surface area (Å²) in [4.78, 5) is 3.91. The Morgan fingerprint density at radius 3 is 2.40 bits per heavy atom. The van der Waals surface area contributed by atoms with Crippen LogP contribution in [0.5, 0.6) is 0 Å². The lowest BCUT2D eigenvalue weighted by atomic mass is 10.2. The highest BCUT2D eigenvalue weighted by atomic mass is 19.1. The second-order valence-corrected chi connectivity index (χ2v) is 4.41. The molecule has 0 spiro atoms. The molecule has 0 aromatic carbocycles. The predicted molar refractivity (Wildman–Crippen MR) is 73.6 cm³/mol. The molecule has 2 N–H and O–H groups in total. The van der Waals surface area contributed by atoms with Crippen molar-refractivity contribution >= 4 is 11.6 Å². The highest BCUT2D eigenvalue weighted by Gasteiger charge is 2.12. The van der Waals surface area contributed by atoms with Gasteiger partial charge in [-0.2, -0.15) is 5.10 Å². The largest absolute Gasteiger partial charge is 0.368 e. The van der Waals surface area contributed by atoms with Crippen molar-refractivity contribution in [3.63, 3.8) is 0 Å². The molecule has 0 aliphatic heterocycles. The van der Waals surface area contributed by atoms with Gasteiger partial charge in [0.25, 0.3) is 0 Å².